The topological polar surface area (TPSA) is 23.8 Å². The molecule has 0 aliphatic rings. The van der Waals surface area contributed by atoms with Crippen molar-refractivity contribution in [2.45, 2.75) is 6.92 Å². The summed E-state index contributed by atoms with van der Waals surface area (Å²) >= 11 is 1.57. The monoisotopic (exact) mass is 275 g/mol. The van der Waals surface area contributed by atoms with Gasteiger partial charge in [0.15, 0.2) is 0 Å². The predicted molar refractivity (Wildman–Crippen MR) is 84.6 cm³/mol. The molecular formula is C18H13NS. The average molecular weight is 275 g/mol. The number of benzene rings is 2. The second-order valence-electron chi connectivity index (χ2n) is 4.60. The summed E-state index contributed by atoms with van der Waals surface area (Å²) in [6, 6.07) is 22.7. The zero-order valence-corrected chi connectivity index (χ0v) is 11.9. The van der Waals surface area contributed by atoms with E-state index in [2.05, 4.69) is 37.3 Å². The first-order chi connectivity index (χ1) is 9.81. The van der Waals surface area contributed by atoms with Crippen LogP contribution in [0.25, 0.3) is 21.6 Å². The summed E-state index contributed by atoms with van der Waals surface area (Å²) in [5, 5.41) is 9.42. The van der Waals surface area contributed by atoms with E-state index in [4.69, 9.17) is 0 Å². The van der Waals surface area contributed by atoms with Crippen LogP contribution in [0.15, 0.2) is 60.7 Å². The van der Waals surface area contributed by atoms with Gasteiger partial charge in [0.25, 0.3) is 0 Å². The van der Waals surface area contributed by atoms with Crippen LogP contribution in [-0.4, -0.2) is 0 Å². The molecule has 0 saturated heterocycles. The van der Waals surface area contributed by atoms with Crippen LogP contribution in [0, 0.1) is 18.3 Å². The molecule has 0 N–H and O–H groups in total. The SMILES string of the molecule is Cc1c(-c2ccccc2)sc(C#N)c1-c1ccccc1. The van der Waals surface area contributed by atoms with Crippen molar-refractivity contribution in [1.82, 2.24) is 0 Å². The van der Waals surface area contributed by atoms with Crippen LogP contribution >= 0.6 is 11.3 Å². The fraction of sp³-hybridized carbons (Fsp3) is 0.0556. The summed E-state index contributed by atoms with van der Waals surface area (Å²) in [7, 11) is 0. The Morgan fingerprint density at radius 1 is 0.850 bits per heavy atom. The van der Waals surface area contributed by atoms with Crippen LogP contribution in [0.5, 0.6) is 0 Å². The number of rotatable bonds is 2. The molecule has 0 saturated carbocycles. The predicted octanol–water partition coefficient (Wildman–Crippen LogP) is 5.26. The Bertz CT molecular complexity index is 764. The molecule has 0 aliphatic heterocycles. The molecule has 0 radical (unpaired) electrons. The van der Waals surface area contributed by atoms with Gasteiger partial charge < -0.3 is 0 Å². The fourth-order valence-corrected chi connectivity index (χ4v) is 3.54. The van der Waals surface area contributed by atoms with Crippen LogP contribution in [0.2, 0.25) is 0 Å². The van der Waals surface area contributed by atoms with Gasteiger partial charge in [-0.1, -0.05) is 60.7 Å². The van der Waals surface area contributed by atoms with Crippen molar-refractivity contribution in [2.75, 3.05) is 0 Å². The van der Waals surface area contributed by atoms with Gasteiger partial charge in [0, 0.05) is 10.4 Å². The lowest BCUT2D eigenvalue weighted by Crippen LogP contribution is -1.82. The molecule has 0 fully saturated rings. The molecule has 2 heteroatoms. The van der Waals surface area contributed by atoms with Gasteiger partial charge in [0.2, 0.25) is 0 Å². The number of thiophene rings is 1. The Morgan fingerprint density at radius 3 is 1.95 bits per heavy atom. The van der Waals surface area contributed by atoms with Crippen molar-refractivity contribution in [3.8, 4) is 27.6 Å². The maximum Gasteiger partial charge on any atom is 0.113 e. The van der Waals surface area contributed by atoms with Gasteiger partial charge in [0.05, 0.1) is 0 Å². The molecule has 3 rings (SSSR count). The molecule has 0 atom stereocenters. The summed E-state index contributed by atoms with van der Waals surface area (Å²) in [4.78, 5) is 1.97. The van der Waals surface area contributed by atoms with E-state index in [0.717, 1.165) is 16.0 Å². The highest BCUT2D eigenvalue weighted by molar-refractivity contribution is 7.16. The largest absolute Gasteiger partial charge is 0.192 e. The maximum atomic E-state index is 9.42. The minimum absolute atomic E-state index is 0.785. The van der Waals surface area contributed by atoms with E-state index in [9.17, 15) is 5.26 Å². The Morgan fingerprint density at radius 2 is 1.40 bits per heavy atom. The molecule has 0 unspecified atom stereocenters. The Labute approximate surface area is 122 Å². The van der Waals surface area contributed by atoms with Crippen LogP contribution in [0.3, 0.4) is 0 Å². The molecule has 1 nitrogen and oxygen atoms in total. The zero-order chi connectivity index (χ0) is 13.9. The Balaban J connectivity index is 2.23. The number of hydrogen-bond donors (Lipinski definition) is 0. The van der Waals surface area contributed by atoms with Gasteiger partial charge in [-0.05, 0) is 23.6 Å². The van der Waals surface area contributed by atoms with Crippen molar-refractivity contribution in [2.24, 2.45) is 0 Å². The van der Waals surface area contributed by atoms with Crippen LogP contribution in [-0.2, 0) is 0 Å². The third-order valence-corrected chi connectivity index (χ3v) is 4.59. The lowest BCUT2D eigenvalue weighted by molar-refractivity contribution is 1.48. The van der Waals surface area contributed by atoms with Gasteiger partial charge in [0.1, 0.15) is 10.9 Å². The molecule has 0 amide bonds. The van der Waals surface area contributed by atoms with E-state index in [0.29, 0.717) is 0 Å². The number of nitrogens with zero attached hydrogens (tertiary/aromatic N) is 1. The Hall–Kier alpha value is -2.37. The lowest BCUT2D eigenvalue weighted by Gasteiger charge is -2.03. The van der Waals surface area contributed by atoms with E-state index in [1.54, 1.807) is 11.3 Å². The standard InChI is InChI=1S/C18H13NS/c1-13-17(14-8-4-2-5-9-14)16(12-19)20-18(13)15-10-6-3-7-11-15/h2-11H,1H3. The molecule has 0 bridgehead atoms. The fourth-order valence-electron chi connectivity index (χ4n) is 2.41. The van der Waals surface area contributed by atoms with Gasteiger partial charge in [-0.3, -0.25) is 0 Å². The minimum atomic E-state index is 0.785. The summed E-state index contributed by atoms with van der Waals surface area (Å²) in [6.07, 6.45) is 0. The van der Waals surface area contributed by atoms with Gasteiger partial charge >= 0.3 is 0 Å². The highest BCUT2D eigenvalue weighted by atomic mass is 32.1. The summed E-state index contributed by atoms with van der Waals surface area (Å²) in [5.74, 6) is 0. The highest BCUT2D eigenvalue weighted by Crippen LogP contribution is 2.41. The summed E-state index contributed by atoms with van der Waals surface area (Å²) in [5.41, 5.74) is 4.54. The van der Waals surface area contributed by atoms with Crippen molar-refractivity contribution in [3.05, 3.63) is 71.1 Å². The lowest BCUT2D eigenvalue weighted by atomic mass is 9.99. The van der Waals surface area contributed by atoms with Crippen molar-refractivity contribution in [1.29, 1.82) is 5.26 Å². The smallest absolute Gasteiger partial charge is 0.113 e. The molecule has 96 valence electrons. The van der Waals surface area contributed by atoms with Crippen molar-refractivity contribution >= 4 is 11.3 Å². The first-order valence-corrected chi connectivity index (χ1v) is 7.27. The van der Waals surface area contributed by atoms with E-state index in [-0.39, 0.29) is 0 Å². The second kappa shape index (κ2) is 5.32. The highest BCUT2D eigenvalue weighted by Gasteiger charge is 2.17. The number of hydrogen-bond acceptors (Lipinski definition) is 2. The van der Waals surface area contributed by atoms with Crippen LogP contribution < -0.4 is 0 Å². The van der Waals surface area contributed by atoms with E-state index in [1.807, 2.05) is 36.4 Å². The van der Waals surface area contributed by atoms with Gasteiger partial charge in [-0.25, -0.2) is 0 Å². The minimum Gasteiger partial charge on any atom is -0.192 e. The van der Waals surface area contributed by atoms with Gasteiger partial charge in [-0.15, -0.1) is 11.3 Å². The molecule has 1 heterocycles. The normalized spacial score (nSPS) is 10.2. The van der Waals surface area contributed by atoms with Crippen molar-refractivity contribution < 1.29 is 0 Å². The summed E-state index contributed by atoms with van der Waals surface area (Å²) in [6.45, 7) is 2.10. The Kier molecular flexibility index (Phi) is 3.37. The molecule has 0 spiro atoms. The first-order valence-electron chi connectivity index (χ1n) is 6.45. The molecule has 0 aliphatic carbocycles. The van der Waals surface area contributed by atoms with Gasteiger partial charge in [-0.2, -0.15) is 5.26 Å². The molecular weight excluding hydrogens is 262 g/mol. The summed E-state index contributed by atoms with van der Waals surface area (Å²) < 4.78 is 0. The quantitative estimate of drug-likeness (QED) is 0.625. The number of nitriles is 1. The van der Waals surface area contributed by atoms with Crippen molar-refractivity contribution in [3.63, 3.8) is 0 Å². The van der Waals surface area contributed by atoms with E-state index < -0.39 is 0 Å². The van der Waals surface area contributed by atoms with Crippen LogP contribution in [0.1, 0.15) is 10.4 Å². The van der Waals surface area contributed by atoms with E-state index >= 15 is 0 Å². The average Bonchev–Trinajstić information content (AvgIpc) is 2.86. The molecule has 3 aromatic rings. The molecule has 20 heavy (non-hydrogen) atoms. The maximum absolute atomic E-state index is 9.42. The second-order valence-corrected chi connectivity index (χ2v) is 5.62. The third kappa shape index (κ3) is 2.13. The zero-order valence-electron chi connectivity index (χ0n) is 11.1. The van der Waals surface area contributed by atoms with E-state index in [1.165, 1.54) is 16.0 Å². The first kappa shape index (κ1) is 12.7. The molecule has 2 aromatic carbocycles. The van der Waals surface area contributed by atoms with Crippen LogP contribution in [0.4, 0.5) is 0 Å². The molecule has 1 aromatic heterocycles. The third-order valence-electron chi connectivity index (χ3n) is 3.35.